The molecule has 0 unspecified atom stereocenters. The molecule has 10 heteroatoms. The third kappa shape index (κ3) is 8.05. The highest BCUT2D eigenvalue weighted by Crippen LogP contribution is 2.26. The van der Waals surface area contributed by atoms with Crippen molar-refractivity contribution in [2.24, 2.45) is 5.92 Å². The zero-order valence-corrected chi connectivity index (χ0v) is 24.0. The number of amides is 2. The summed E-state index contributed by atoms with van der Waals surface area (Å²) in [7, 11) is -4.18. The highest BCUT2D eigenvalue weighted by atomic mass is 32.2. The van der Waals surface area contributed by atoms with Crippen molar-refractivity contribution < 1.29 is 27.1 Å². The lowest BCUT2D eigenvalue weighted by atomic mass is 10.1. The normalized spacial score (nSPS) is 12.1. The van der Waals surface area contributed by atoms with Gasteiger partial charge in [-0.1, -0.05) is 44.2 Å². The van der Waals surface area contributed by atoms with Crippen LogP contribution in [0.1, 0.15) is 33.3 Å². The molecule has 2 amide bonds. The molecule has 0 bridgehead atoms. The molecule has 0 radical (unpaired) electrons. The quantitative estimate of drug-likeness (QED) is 0.324. The van der Waals surface area contributed by atoms with Crippen molar-refractivity contribution in [2.45, 2.75) is 45.2 Å². The summed E-state index contributed by atoms with van der Waals surface area (Å²) < 4.78 is 47.7. The van der Waals surface area contributed by atoms with Crippen molar-refractivity contribution >= 4 is 27.5 Å². The summed E-state index contributed by atoms with van der Waals surface area (Å²) in [6.45, 7) is 7.61. The number of nitrogens with zero attached hydrogens (tertiary/aromatic N) is 2. The lowest BCUT2D eigenvalue weighted by molar-refractivity contribution is -0.139. The molecule has 40 heavy (non-hydrogen) atoms. The number of halogens is 1. The van der Waals surface area contributed by atoms with Crippen molar-refractivity contribution in [1.82, 2.24) is 10.2 Å². The minimum Gasteiger partial charge on any atom is -0.494 e. The van der Waals surface area contributed by atoms with Crippen LogP contribution in [0.3, 0.4) is 0 Å². The van der Waals surface area contributed by atoms with Gasteiger partial charge in [0.1, 0.15) is 24.2 Å². The summed E-state index contributed by atoms with van der Waals surface area (Å²) in [6, 6.07) is 19.0. The number of carbonyl (C=O) groups is 2. The lowest BCUT2D eigenvalue weighted by Gasteiger charge is -2.32. The Hall–Kier alpha value is -3.92. The van der Waals surface area contributed by atoms with Crippen molar-refractivity contribution in [3.63, 3.8) is 0 Å². The van der Waals surface area contributed by atoms with Gasteiger partial charge in [-0.05, 0) is 73.9 Å². The summed E-state index contributed by atoms with van der Waals surface area (Å²) in [6.07, 6.45) is 0. The van der Waals surface area contributed by atoms with Gasteiger partial charge in [-0.25, -0.2) is 12.8 Å². The first-order valence-corrected chi connectivity index (χ1v) is 14.6. The van der Waals surface area contributed by atoms with Gasteiger partial charge in [-0.2, -0.15) is 0 Å². The summed E-state index contributed by atoms with van der Waals surface area (Å²) >= 11 is 0. The maximum atomic E-state index is 13.8. The molecule has 0 aliphatic carbocycles. The summed E-state index contributed by atoms with van der Waals surface area (Å²) in [4.78, 5) is 28.1. The largest absolute Gasteiger partial charge is 0.494 e. The van der Waals surface area contributed by atoms with E-state index in [4.69, 9.17) is 4.74 Å². The van der Waals surface area contributed by atoms with Crippen LogP contribution < -0.4 is 14.4 Å². The van der Waals surface area contributed by atoms with E-state index in [9.17, 15) is 22.4 Å². The molecule has 0 fully saturated rings. The Morgan fingerprint density at radius 2 is 1.55 bits per heavy atom. The van der Waals surface area contributed by atoms with E-state index < -0.39 is 34.3 Å². The van der Waals surface area contributed by atoms with Crippen LogP contribution in [0.15, 0.2) is 83.8 Å². The molecule has 0 aromatic heterocycles. The second kappa shape index (κ2) is 13.9. The summed E-state index contributed by atoms with van der Waals surface area (Å²) in [5.74, 6) is -0.665. The fourth-order valence-corrected chi connectivity index (χ4v) is 5.36. The molecule has 3 rings (SSSR count). The average Bonchev–Trinajstić information content (AvgIpc) is 2.94. The predicted molar refractivity (Wildman–Crippen MR) is 153 cm³/mol. The highest BCUT2D eigenvalue weighted by molar-refractivity contribution is 7.92. The second-order valence-electron chi connectivity index (χ2n) is 9.71. The molecule has 3 aromatic carbocycles. The number of rotatable bonds is 13. The van der Waals surface area contributed by atoms with Crippen molar-refractivity contribution in [1.29, 1.82) is 0 Å². The molecule has 0 heterocycles. The lowest BCUT2D eigenvalue weighted by Crippen LogP contribution is -2.51. The average molecular weight is 570 g/mol. The number of nitrogens with one attached hydrogen (secondary N) is 1. The third-order valence-corrected chi connectivity index (χ3v) is 7.95. The van der Waals surface area contributed by atoms with Gasteiger partial charge in [0.2, 0.25) is 11.8 Å². The monoisotopic (exact) mass is 569 g/mol. The number of hydrogen-bond acceptors (Lipinski definition) is 5. The van der Waals surface area contributed by atoms with E-state index in [1.807, 2.05) is 20.8 Å². The van der Waals surface area contributed by atoms with Crippen LogP contribution in [-0.2, 0) is 26.2 Å². The smallest absolute Gasteiger partial charge is 0.264 e. The fraction of sp³-hybridized carbons (Fsp3) is 0.333. The fourth-order valence-electron chi connectivity index (χ4n) is 3.95. The van der Waals surface area contributed by atoms with Crippen LogP contribution >= 0.6 is 0 Å². The van der Waals surface area contributed by atoms with E-state index in [0.29, 0.717) is 30.2 Å². The number of hydrogen-bond donors (Lipinski definition) is 1. The first-order chi connectivity index (χ1) is 19.0. The number of para-hydroxylation sites is 1. The zero-order chi connectivity index (χ0) is 29.3. The third-order valence-electron chi connectivity index (χ3n) is 6.16. The van der Waals surface area contributed by atoms with Crippen LogP contribution in [0, 0.1) is 11.7 Å². The van der Waals surface area contributed by atoms with Crippen LogP contribution in [0.5, 0.6) is 5.75 Å². The van der Waals surface area contributed by atoms with E-state index in [1.165, 1.54) is 41.3 Å². The Bertz CT molecular complexity index is 1360. The molecule has 0 spiro atoms. The molecule has 0 saturated carbocycles. The molecule has 1 N–H and O–H groups in total. The van der Waals surface area contributed by atoms with Gasteiger partial charge in [0.15, 0.2) is 0 Å². The molecule has 0 aliphatic rings. The molecule has 214 valence electrons. The van der Waals surface area contributed by atoms with E-state index >= 15 is 0 Å². The van der Waals surface area contributed by atoms with Crippen LogP contribution in [0.25, 0.3) is 0 Å². The van der Waals surface area contributed by atoms with E-state index in [-0.39, 0.29) is 23.3 Å². The van der Waals surface area contributed by atoms with Gasteiger partial charge >= 0.3 is 0 Å². The Balaban J connectivity index is 1.97. The summed E-state index contributed by atoms with van der Waals surface area (Å²) in [5, 5.41) is 2.83. The SMILES string of the molecule is CCOc1ccc(S(=O)(=O)N(CC(=O)N(Cc2ccc(F)cc2)[C@@H](C)C(=O)NCC(C)C)c2ccccc2)cc1. The van der Waals surface area contributed by atoms with E-state index in [0.717, 1.165) is 4.31 Å². The van der Waals surface area contributed by atoms with Gasteiger partial charge in [-0.3, -0.25) is 13.9 Å². The number of ether oxygens (including phenoxy) is 1. The van der Waals surface area contributed by atoms with Gasteiger partial charge in [0.25, 0.3) is 10.0 Å². The van der Waals surface area contributed by atoms with Crippen LogP contribution in [-0.4, -0.2) is 50.9 Å². The Kier molecular flexibility index (Phi) is 10.7. The number of anilines is 1. The standard InChI is InChI=1S/C30H36FN3O5S/c1-5-39-27-15-17-28(18-16-27)40(37,38)34(26-9-7-6-8-10-26)21-29(35)33(20-24-11-13-25(31)14-12-24)23(4)30(36)32-19-22(2)3/h6-18,22-23H,5,19-21H2,1-4H3,(H,32,36)/t23-/m0/s1. The molecule has 1 atom stereocenters. The summed E-state index contributed by atoms with van der Waals surface area (Å²) in [5.41, 5.74) is 0.891. The van der Waals surface area contributed by atoms with Gasteiger partial charge in [0, 0.05) is 13.1 Å². The number of benzene rings is 3. The van der Waals surface area contributed by atoms with Crippen LogP contribution in [0.4, 0.5) is 10.1 Å². The maximum absolute atomic E-state index is 13.8. The Morgan fingerprint density at radius 1 is 0.925 bits per heavy atom. The van der Waals surface area contributed by atoms with Gasteiger partial charge in [-0.15, -0.1) is 0 Å². The minimum absolute atomic E-state index is 0.0128. The molecular formula is C30H36FN3O5S. The first kappa shape index (κ1) is 30.6. The highest BCUT2D eigenvalue weighted by Gasteiger charge is 2.32. The van der Waals surface area contributed by atoms with Crippen LogP contribution in [0.2, 0.25) is 0 Å². The molecule has 0 saturated heterocycles. The van der Waals surface area contributed by atoms with Gasteiger partial charge in [0.05, 0.1) is 17.2 Å². The Morgan fingerprint density at radius 3 is 2.12 bits per heavy atom. The minimum atomic E-state index is -4.18. The zero-order valence-electron chi connectivity index (χ0n) is 23.2. The van der Waals surface area contributed by atoms with Crippen molar-refractivity contribution in [3.05, 3.63) is 90.2 Å². The number of carbonyl (C=O) groups excluding carboxylic acids is 2. The second-order valence-corrected chi connectivity index (χ2v) is 11.6. The topological polar surface area (TPSA) is 96.0 Å². The molecule has 8 nitrogen and oxygen atoms in total. The van der Waals surface area contributed by atoms with E-state index in [2.05, 4.69) is 5.32 Å². The maximum Gasteiger partial charge on any atom is 0.264 e. The van der Waals surface area contributed by atoms with Crippen molar-refractivity contribution in [2.75, 3.05) is 24.0 Å². The van der Waals surface area contributed by atoms with Gasteiger partial charge < -0.3 is 15.0 Å². The predicted octanol–water partition coefficient (Wildman–Crippen LogP) is 4.61. The van der Waals surface area contributed by atoms with Crippen molar-refractivity contribution in [3.8, 4) is 5.75 Å². The molecule has 3 aromatic rings. The number of sulfonamides is 1. The first-order valence-electron chi connectivity index (χ1n) is 13.1. The van der Waals surface area contributed by atoms with E-state index in [1.54, 1.807) is 49.4 Å². The molecular weight excluding hydrogens is 533 g/mol. The molecule has 0 aliphatic heterocycles. The Labute approximate surface area is 235 Å².